The second-order valence-corrected chi connectivity index (χ2v) is 6.79. The zero-order chi connectivity index (χ0) is 14.6. The van der Waals surface area contributed by atoms with Crippen LogP contribution in [-0.2, 0) is 12.6 Å². The van der Waals surface area contributed by atoms with Crippen LogP contribution in [0.3, 0.4) is 0 Å². The van der Waals surface area contributed by atoms with E-state index in [0.29, 0.717) is 17.9 Å². The number of hydrogen-bond donors (Lipinski definition) is 0. The van der Waals surface area contributed by atoms with Crippen LogP contribution in [0.1, 0.15) is 48.3 Å². The molecule has 1 nitrogen and oxygen atoms in total. The molecule has 0 aromatic heterocycles. The van der Waals surface area contributed by atoms with Crippen molar-refractivity contribution in [1.29, 1.82) is 0 Å². The van der Waals surface area contributed by atoms with Gasteiger partial charge in [0.2, 0.25) is 0 Å². The summed E-state index contributed by atoms with van der Waals surface area (Å²) in [6.45, 7) is 2.35. The van der Waals surface area contributed by atoms with Gasteiger partial charge in [0.25, 0.3) is 0 Å². The van der Waals surface area contributed by atoms with E-state index in [2.05, 4.69) is 4.90 Å². The third-order valence-electron chi connectivity index (χ3n) is 5.65. The van der Waals surface area contributed by atoms with Crippen LogP contribution in [0.4, 0.5) is 13.2 Å². The molecule has 4 heteroatoms. The number of fused-ring (bicyclic) bond motifs is 2. The molecule has 0 bridgehead atoms. The highest BCUT2D eigenvalue weighted by atomic mass is 19.4. The Morgan fingerprint density at radius 1 is 1.05 bits per heavy atom. The first-order chi connectivity index (χ1) is 10.0. The Labute approximate surface area is 123 Å². The average Bonchev–Trinajstić information content (AvgIpc) is 2.46. The minimum atomic E-state index is -4.23. The largest absolute Gasteiger partial charge is 0.416 e. The highest BCUT2D eigenvalue weighted by Crippen LogP contribution is 2.47. The lowest BCUT2D eigenvalue weighted by molar-refractivity contribution is -0.137. The average molecular weight is 295 g/mol. The van der Waals surface area contributed by atoms with Gasteiger partial charge in [0.15, 0.2) is 0 Å². The number of benzene rings is 1. The molecule has 1 aromatic rings. The van der Waals surface area contributed by atoms with E-state index in [0.717, 1.165) is 18.4 Å². The van der Waals surface area contributed by atoms with Crippen LogP contribution >= 0.6 is 0 Å². The van der Waals surface area contributed by atoms with Gasteiger partial charge in [-0.25, -0.2) is 0 Å². The van der Waals surface area contributed by atoms with Gasteiger partial charge in [0.1, 0.15) is 0 Å². The van der Waals surface area contributed by atoms with Gasteiger partial charge in [-0.1, -0.05) is 6.07 Å². The maximum Gasteiger partial charge on any atom is 0.416 e. The molecule has 2 saturated heterocycles. The molecule has 0 amide bonds. The van der Waals surface area contributed by atoms with Crippen LogP contribution in [0.25, 0.3) is 0 Å². The molecule has 1 aliphatic carbocycles. The molecule has 0 radical (unpaired) electrons. The second kappa shape index (κ2) is 4.73. The van der Waals surface area contributed by atoms with Gasteiger partial charge in [0.05, 0.1) is 5.56 Å². The van der Waals surface area contributed by atoms with Gasteiger partial charge in [-0.2, -0.15) is 13.2 Å². The molecular weight excluding hydrogens is 275 g/mol. The first-order valence-corrected chi connectivity index (χ1v) is 7.98. The van der Waals surface area contributed by atoms with Crippen LogP contribution in [0.15, 0.2) is 18.2 Å². The van der Waals surface area contributed by atoms with Crippen molar-refractivity contribution in [2.45, 2.75) is 50.2 Å². The molecule has 3 unspecified atom stereocenters. The van der Waals surface area contributed by atoms with Crippen molar-refractivity contribution in [3.63, 3.8) is 0 Å². The summed E-state index contributed by atoms with van der Waals surface area (Å²) in [6, 6.07) is 5.04. The molecular formula is C17H20F3N. The van der Waals surface area contributed by atoms with E-state index in [4.69, 9.17) is 0 Å². The molecule has 1 aromatic carbocycles. The number of halogens is 3. The fraction of sp³-hybridized carbons (Fsp3) is 0.647. The van der Waals surface area contributed by atoms with E-state index < -0.39 is 11.7 Å². The minimum Gasteiger partial charge on any atom is -0.299 e. The van der Waals surface area contributed by atoms with Gasteiger partial charge >= 0.3 is 6.18 Å². The fourth-order valence-electron chi connectivity index (χ4n) is 4.87. The van der Waals surface area contributed by atoms with Crippen molar-refractivity contribution in [3.05, 3.63) is 34.9 Å². The Hall–Kier alpha value is -1.03. The lowest BCUT2D eigenvalue weighted by atomic mass is 9.66. The zero-order valence-electron chi connectivity index (χ0n) is 12.0. The molecule has 0 spiro atoms. The van der Waals surface area contributed by atoms with E-state index in [1.165, 1.54) is 50.0 Å². The monoisotopic (exact) mass is 295 g/mol. The van der Waals surface area contributed by atoms with Crippen molar-refractivity contribution >= 4 is 0 Å². The van der Waals surface area contributed by atoms with E-state index in [1.54, 1.807) is 6.07 Å². The minimum absolute atomic E-state index is 0.454. The number of alkyl halides is 3. The molecule has 2 aliphatic heterocycles. The van der Waals surface area contributed by atoms with Crippen LogP contribution in [0, 0.1) is 5.92 Å². The molecule has 2 heterocycles. The summed E-state index contributed by atoms with van der Waals surface area (Å²) in [5, 5.41) is 0. The van der Waals surface area contributed by atoms with E-state index >= 15 is 0 Å². The molecule has 3 aliphatic rings. The predicted octanol–water partition coefficient (Wildman–Crippen LogP) is 4.22. The number of rotatable bonds is 0. The van der Waals surface area contributed by atoms with Crippen molar-refractivity contribution in [2.24, 2.45) is 5.92 Å². The topological polar surface area (TPSA) is 3.24 Å². The first-order valence-electron chi connectivity index (χ1n) is 7.98. The Morgan fingerprint density at radius 3 is 2.57 bits per heavy atom. The summed E-state index contributed by atoms with van der Waals surface area (Å²) >= 11 is 0. The molecule has 21 heavy (non-hydrogen) atoms. The summed E-state index contributed by atoms with van der Waals surface area (Å²) < 4.78 is 38.8. The Balaban J connectivity index is 1.75. The summed E-state index contributed by atoms with van der Waals surface area (Å²) in [4.78, 5) is 2.60. The van der Waals surface area contributed by atoms with E-state index in [1.807, 2.05) is 0 Å². The summed E-state index contributed by atoms with van der Waals surface area (Å²) in [5.74, 6) is 1.01. The van der Waals surface area contributed by atoms with Crippen LogP contribution < -0.4 is 0 Å². The summed E-state index contributed by atoms with van der Waals surface area (Å²) in [7, 11) is 0. The fourth-order valence-corrected chi connectivity index (χ4v) is 4.87. The van der Waals surface area contributed by atoms with Crippen molar-refractivity contribution in [1.82, 2.24) is 4.90 Å². The van der Waals surface area contributed by atoms with Gasteiger partial charge in [-0.05, 0) is 74.4 Å². The van der Waals surface area contributed by atoms with Crippen LogP contribution in [0.5, 0.6) is 0 Å². The van der Waals surface area contributed by atoms with Crippen molar-refractivity contribution < 1.29 is 13.2 Å². The predicted molar refractivity (Wildman–Crippen MR) is 75.2 cm³/mol. The maximum atomic E-state index is 12.9. The first kappa shape index (κ1) is 13.6. The summed E-state index contributed by atoms with van der Waals surface area (Å²) in [5.41, 5.74) is 1.67. The Bertz CT molecular complexity index is 549. The molecule has 0 saturated carbocycles. The van der Waals surface area contributed by atoms with Gasteiger partial charge in [-0.15, -0.1) is 0 Å². The standard InChI is InChI=1S/C17H20F3N/c18-17(19,20)13-5-6-14-12(10-13)9-11-3-1-7-21-8-2-4-15(14)16(11)21/h5-6,10-11,15-16H,1-4,7-9H2. The third kappa shape index (κ3) is 2.19. The SMILES string of the molecule is FC(F)(F)c1ccc2c(c1)CC1CCCN3CCCC2C13. The maximum absolute atomic E-state index is 12.9. The van der Waals surface area contributed by atoms with Crippen LogP contribution in [-0.4, -0.2) is 24.0 Å². The molecule has 4 rings (SSSR count). The van der Waals surface area contributed by atoms with Gasteiger partial charge in [0, 0.05) is 12.0 Å². The number of piperidine rings is 2. The second-order valence-electron chi connectivity index (χ2n) is 6.79. The highest BCUT2D eigenvalue weighted by molar-refractivity contribution is 5.40. The quantitative estimate of drug-likeness (QED) is 0.692. The third-order valence-corrected chi connectivity index (χ3v) is 5.65. The molecule has 2 fully saturated rings. The van der Waals surface area contributed by atoms with E-state index in [9.17, 15) is 13.2 Å². The van der Waals surface area contributed by atoms with Crippen LogP contribution in [0.2, 0.25) is 0 Å². The lowest BCUT2D eigenvalue weighted by Crippen LogP contribution is -2.54. The van der Waals surface area contributed by atoms with E-state index in [-0.39, 0.29) is 0 Å². The highest BCUT2D eigenvalue weighted by Gasteiger charge is 2.44. The zero-order valence-corrected chi connectivity index (χ0v) is 12.0. The smallest absolute Gasteiger partial charge is 0.299 e. The van der Waals surface area contributed by atoms with Crippen molar-refractivity contribution in [2.75, 3.05) is 13.1 Å². The molecule has 0 N–H and O–H groups in total. The lowest BCUT2D eigenvalue weighted by Gasteiger charge is -2.52. The number of hydrogen-bond acceptors (Lipinski definition) is 1. The number of nitrogens with zero attached hydrogens (tertiary/aromatic N) is 1. The summed E-state index contributed by atoms with van der Waals surface area (Å²) in [6.07, 6.45) is 1.29. The van der Waals surface area contributed by atoms with Gasteiger partial charge in [-0.3, -0.25) is 4.90 Å². The Kier molecular flexibility index (Phi) is 3.07. The van der Waals surface area contributed by atoms with Crippen molar-refractivity contribution in [3.8, 4) is 0 Å². The molecule has 3 atom stereocenters. The Morgan fingerprint density at radius 2 is 1.81 bits per heavy atom. The van der Waals surface area contributed by atoms with Gasteiger partial charge < -0.3 is 0 Å². The molecule has 114 valence electrons. The normalized spacial score (nSPS) is 32.4.